The van der Waals surface area contributed by atoms with Crippen molar-refractivity contribution in [3.63, 3.8) is 0 Å². The number of fused-ring (bicyclic) bond motifs is 1. The summed E-state index contributed by atoms with van der Waals surface area (Å²) in [5.41, 5.74) is 7.51. The molecular formula is C31H37N2+. The van der Waals surface area contributed by atoms with Crippen LogP contribution >= 0.6 is 0 Å². The summed E-state index contributed by atoms with van der Waals surface area (Å²) in [4.78, 5) is 2.35. The van der Waals surface area contributed by atoms with Crippen molar-refractivity contribution in [3.05, 3.63) is 102 Å². The molecule has 0 fully saturated rings. The monoisotopic (exact) mass is 437 g/mol. The molecule has 0 atom stereocenters. The molecule has 170 valence electrons. The topological polar surface area (TPSA) is 3.24 Å². The first-order valence-electron chi connectivity index (χ1n) is 12.3. The zero-order chi connectivity index (χ0) is 23.4. The molecule has 0 aliphatic heterocycles. The van der Waals surface area contributed by atoms with Crippen molar-refractivity contribution in [1.29, 1.82) is 0 Å². The van der Waals surface area contributed by atoms with Crippen LogP contribution in [0.15, 0.2) is 84.9 Å². The van der Waals surface area contributed by atoms with Gasteiger partial charge >= 0.3 is 0 Å². The van der Waals surface area contributed by atoms with Crippen LogP contribution in [0.25, 0.3) is 10.8 Å². The minimum atomic E-state index is 1.10. The van der Waals surface area contributed by atoms with Crippen molar-refractivity contribution < 1.29 is 4.48 Å². The molecule has 0 aromatic heterocycles. The van der Waals surface area contributed by atoms with Crippen LogP contribution in [0.5, 0.6) is 0 Å². The summed E-state index contributed by atoms with van der Waals surface area (Å²) in [6.45, 7) is 15.8. The van der Waals surface area contributed by atoms with E-state index in [1.165, 1.54) is 64.2 Å². The normalized spacial score (nSPS) is 11.7. The molecule has 4 rings (SSSR count). The highest BCUT2D eigenvalue weighted by molar-refractivity contribution is 5.89. The molecule has 4 aromatic rings. The second-order valence-electron chi connectivity index (χ2n) is 9.32. The van der Waals surface area contributed by atoms with E-state index in [1.54, 1.807) is 0 Å². The molecule has 0 spiro atoms. The van der Waals surface area contributed by atoms with E-state index in [9.17, 15) is 0 Å². The molecule has 0 unspecified atom stereocenters. The molecule has 0 radical (unpaired) electrons. The zero-order valence-electron chi connectivity index (χ0n) is 20.8. The SMILES string of the molecule is CC[N+](CC)(CC)Cc1ccc2cc(N(c3ccc(C)cc3)c3ccc(C)cc3)ccc2c1. The molecule has 0 aliphatic carbocycles. The van der Waals surface area contributed by atoms with Crippen LogP contribution in [0.4, 0.5) is 17.1 Å². The van der Waals surface area contributed by atoms with Crippen LogP contribution in [0.1, 0.15) is 37.5 Å². The largest absolute Gasteiger partial charge is 0.321 e. The third-order valence-corrected chi connectivity index (χ3v) is 7.26. The average Bonchev–Trinajstić information content (AvgIpc) is 2.85. The summed E-state index contributed by atoms with van der Waals surface area (Å²) < 4.78 is 1.14. The predicted molar refractivity (Wildman–Crippen MR) is 144 cm³/mol. The van der Waals surface area contributed by atoms with Gasteiger partial charge in [-0.2, -0.15) is 0 Å². The van der Waals surface area contributed by atoms with E-state index in [0.717, 1.165) is 11.0 Å². The number of anilines is 3. The lowest BCUT2D eigenvalue weighted by molar-refractivity contribution is -0.936. The Kier molecular flexibility index (Phi) is 6.85. The predicted octanol–water partition coefficient (Wildman–Crippen LogP) is 8.30. The Bertz CT molecular complexity index is 1150. The molecule has 0 saturated heterocycles. The molecule has 0 amide bonds. The van der Waals surface area contributed by atoms with Gasteiger partial charge < -0.3 is 9.38 Å². The van der Waals surface area contributed by atoms with Crippen molar-refractivity contribution in [3.8, 4) is 0 Å². The van der Waals surface area contributed by atoms with E-state index >= 15 is 0 Å². The number of rotatable bonds is 8. The van der Waals surface area contributed by atoms with Crippen LogP contribution in [0, 0.1) is 13.8 Å². The van der Waals surface area contributed by atoms with Crippen LogP contribution in [0.2, 0.25) is 0 Å². The average molecular weight is 438 g/mol. The summed E-state index contributed by atoms with van der Waals surface area (Å²) in [5, 5.41) is 2.59. The third-order valence-electron chi connectivity index (χ3n) is 7.26. The minimum Gasteiger partial charge on any atom is -0.321 e. The smallest absolute Gasteiger partial charge is 0.104 e. The first-order valence-corrected chi connectivity index (χ1v) is 12.3. The van der Waals surface area contributed by atoms with Crippen LogP contribution in [0.3, 0.4) is 0 Å². The van der Waals surface area contributed by atoms with Gasteiger partial charge in [0.05, 0.1) is 19.6 Å². The first kappa shape index (κ1) is 23.1. The van der Waals surface area contributed by atoms with Crippen LogP contribution < -0.4 is 4.90 Å². The Morgan fingerprint density at radius 2 is 1.00 bits per heavy atom. The number of aryl methyl sites for hydroxylation is 2. The van der Waals surface area contributed by atoms with Gasteiger partial charge in [0.15, 0.2) is 0 Å². The fourth-order valence-corrected chi connectivity index (χ4v) is 4.75. The Labute approximate surface area is 199 Å². The van der Waals surface area contributed by atoms with Crippen molar-refractivity contribution in [2.24, 2.45) is 0 Å². The number of nitrogens with zero attached hydrogens (tertiary/aromatic N) is 2. The summed E-state index contributed by atoms with van der Waals surface area (Å²) >= 11 is 0. The lowest BCUT2D eigenvalue weighted by Crippen LogP contribution is -2.46. The third kappa shape index (κ3) is 4.96. The summed E-state index contributed by atoms with van der Waals surface area (Å²) in [6, 6.07) is 31.4. The fourth-order valence-electron chi connectivity index (χ4n) is 4.75. The Morgan fingerprint density at radius 3 is 1.52 bits per heavy atom. The van der Waals surface area contributed by atoms with Gasteiger partial charge in [0.2, 0.25) is 0 Å². The molecule has 33 heavy (non-hydrogen) atoms. The lowest BCUT2D eigenvalue weighted by atomic mass is 10.0. The number of benzene rings is 4. The summed E-state index contributed by atoms with van der Waals surface area (Å²) in [5.74, 6) is 0. The van der Waals surface area contributed by atoms with Gasteiger partial charge in [-0.1, -0.05) is 53.6 Å². The summed E-state index contributed by atoms with van der Waals surface area (Å²) in [6.07, 6.45) is 0. The van der Waals surface area contributed by atoms with Gasteiger partial charge in [0.25, 0.3) is 0 Å². The Morgan fingerprint density at radius 1 is 0.545 bits per heavy atom. The minimum absolute atomic E-state index is 1.10. The fraction of sp³-hybridized carbons (Fsp3) is 0.290. The first-order chi connectivity index (χ1) is 16.0. The van der Waals surface area contributed by atoms with Crippen molar-refractivity contribution >= 4 is 27.8 Å². The molecule has 0 bridgehead atoms. The van der Waals surface area contributed by atoms with Crippen molar-refractivity contribution in [2.45, 2.75) is 41.2 Å². The van der Waals surface area contributed by atoms with Gasteiger partial charge in [0.1, 0.15) is 6.54 Å². The van der Waals surface area contributed by atoms with E-state index < -0.39 is 0 Å². The van der Waals surface area contributed by atoms with Crippen molar-refractivity contribution in [1.82, 2.24) is 0 Å². The maximum absolute atomic E-state index is 2.38. The number of quaternary nitrogens is 1. The molecule has 0 heterocycles. The van der Waals surface area contributed by atoms with Crippen molar-refractivity contribution in [2.75, 3.05) is 24.5 Å². The van der Waals surface area contributed by atoms with Crippen LogP contribution in [-0.4, -0.2) is 24.1 Å². The molecule has 2 heteroatoms. The van der Waals surface area contributed by atoms with E-state index in [1.807, 2.05) is 0 Å². The molecule has 0 N–H and O–H groups in total. The van der Waals surface area contributed by atoms with Crippen LogP contribution in [-0.2, 0) is 6.54 Å². The van der Waals surface area contributed by atoms with E-state index in [4.69, 9.17) is 0 Å². The molecule has 0 aliphatic rings. The summed E-state index contributed by atoms with van der Waals surface area (Å²) in [7, 11) is 0. The van der Waals surface area contributed by atoms with E-state index in [2.05, 4.69) is 124 Å². The van der Waals surface area contributed by atoms with Gasteiger partial charge in [-0.25, -0.2) is 0 Å². The number of hydrogen-bond donors (Lipinski definition) is 0. The second-order valence-corrected chi connectivity index (χ2v) is 9.32. The van der Waals surface area contributed by atoms with Gasteiger partial charge in [-0.3, -0.25) is 0 Å². The molecule has 0 saturated carbocycles. The Hall–Kier alpha value is -3.10. The van der Waals surface area contributed by atoms with Gasteiger partial charge in [0, 0.05) is 22.6 Å². The Balaban J connectivity index is 1.74. The highest BCUT2D eigenvalue weighted by atomic mass is 15.3. The quantitative estimate of drug-likeness (QED) is 0.251. The highest BCUT2D eigenvalue weighted by Gasteiger charge is 2.21. The van der Waals surface area contributed by atoms with Gasteiger partial charge in [-0.05, 0) is 87.9 Å². The van der Waals surface area contributed by atoms with E-state index in [0.29, 0.717) is 0 Å². The lowest BCUT2D eigenvalue weighted by Gasteiger charge is -2.36. The maximum atomic E-state index is 2.38. The standard InChI is InChI=1S/C31H37N2/c1-6-33(7-2,8-3)23-26-13-14-28-22-31(20-15-27(28)21-26)32(29-16-9-24(4)10-17-29)30-18-11-25(5)12-19-30/h9-22H,6-8,23H2,1-5H3/q+1. The number of hydrogen-bond acceptors (Lipinski definition) is 1. The molecule has 4 aromatic carbocycles. The highest BCUT2D eigenvalue weighted by Crippen LogP contribution is 2.36. The second kappa shape index (κ2) is 9.80. The van der Waals surface area contributed by atoms with Gasteiger partial charge in [-0.15, -0.1) is 0 Å². The molecular weight excluding hydrogens is 400 g/mol. The van der Waals surface area contributed by atoms with E-state index in [-0.39, 0.29) is 0 Å². The zero-order valence-corrected chi connectivity index (χ0v) is 20.8. The molecule has 2 nitrogen and oxygen atoms in total. The maximum Gasteiger partial charge on any atom is 0.104 e.